The zero-order chi connectivity index (χ0) is 9.57. The fraction of sp³-hybridized carbons (Fsp3) is 1.00. The van der Waals surface area contributed by atoms with E-state index < -0.39 is 0 Å². The number of nitrogens with one attached hydrogen (secondary N) is 1. The number of nitrogens with two attached hydrogens (primary N) is 1. The predicted molar refractivity (Wildman–Crippen MR) is 54.7 cm³/mol. The maximum absolute atomic E-state index is 6.20. The van der Waals surface area contributed by atoms with Crippen molar-refractivity contribution in [3.8, 4) is 0 Å². The summed E-state index contributed by atoms with van der Waals surface area (Å²) in [4.78, 5) is 0. The zero-order valence-electron chi connectivity index (χ0n) is 8.64. The lowest BCUT2D eigenvalue weighted by molar-refractivity contribution is 0.0532. The highest BCUT2D eigenvalue weighted by atomic mass is 16.5. The summed E-state index contributed by atoms with van der Waals surface area (Å²) in [5, 5.41) is 3.42. The minimum atomic E-state index is -0.00795. The van der Waals surface area contributed by atoms with Gasteiger partial charge in [-0.3, -0.25) is 0 Å². The molecule has 0 radical (unpaired) electrons. The Hall–Kier alpha value is -0.120. The first kappa shape index (κ1) is 11.0. The van der Waals surface area contributed by atoms with Gasteiger partial charge in [-0.15, -0.1) is 0 Å². The fourth-order valence-electron chi connectivity index (χ4n) is 1.59. The molecule has 0 unspecified atom stereocenters. The summed E-state index contributed by atoms with van der Waals surface area (Å²) in [5.41, 5.74) is 6.19. The summed E-state index contributed by atoms with van der Waals surface area (Å²) >= 11 is 0. The summed E-state index contributed by atoms with van der Waals surface area (Å²) in [6.45, 7) is 5.89. The normalized spacial score (nSPS) is 21.7. The number of ether oxygens (including phenoxy) is 1. The number of rotatable bonds is 5. The molecule has 13 heavy (non-hydrogen) atoms. The summed E-state index contributed by atoms with van der Waals surface area (Å²) in [5.74, 6) is 0. The Labute approximate surface area is 81.0 Å². The van der Waals surface area contributed by atoms with Gasteiger partial charge in [0.25, 0.3) is 0 Å². The van der Waals surface area contributed by atoms with Crippen LogP contribution in [0.5, 0.6) is 0 Å². The molecule has 1 aliphatic rings. The van der Waals surface area contributed by atoms with Gasteiger partial charge in [0.05, 0.1) is 0 Å². The summed E-state index contributed by atoms with van der Waals surface area (Å²) in [6.07, 6.45) is 4.47. The van der Waals surface area contributed by atoms with Gasteiger partial charge < -0.3 is 15.8 Å². The minimum absolute atomic E-state index is 0.00795. The molecule has 1 aliphatic heterocycles. The van der Waals surface area contributed by atoms with Crippen molar-refractivity contribution >= 4 is 0 Å². The minimum Gasteiger partial charge on any atom is -0.381 e. The van der Waals surface area contributed by atoms with Crippen LogP contribution in [-0.2, 0) is 4.74 Å². The van der Waals surface area contributed by atoms with Gasteiger partial charge >= 0.3 is 0 Å². The molecule has 0 aromatic rings. The Morgan fingerprint density at radius 1 is 1.38 bits per heavy atom. The molecule has 0 aromatic carbocycles. The molecule has 0 bridgehead atoms. The van der Waals surface area contributed by atoms with Crippen molar-refractivity contribution in [1.82, 2.24) is 5.32 Å². The van der Waals surface area contributed by atoms with Crippen LogP contribution < -0.4 is 11.1 Å². The Morgan fingerprint density at radius 3 is 2.69 bits per heavy atom. The molecule has 0 amide bonds. The van der Waals surface area contributed by atoms with Gasteiger partial charge in [-0.1, -0.05) is 13.3 Å². The van der Waals surface area contributed by atoms with E-state index in [2.05, 4.69) is 12.2 Å². The Bertz CT molecular complexity index is 133. The first-order valence-corrected chi connectivity index (χ1v) is 5.34. The Kier molecular flexibility index (Phi) is 4.70. The van der Waals surface area contributed by atoms with Crippen molar-refractivity contribution in [3.63, 3.8) is 0 Å². The van der Waals surface area contributed by atoms with Crippen LogP contribution in [0.25, 0.3) is 0 Å². The van der Waals surface area contributed by atoms with E-state index in [4.69, 9.17) is 10.5 Å². The Morgan fingerprint density at radius 2 is 2.08 bits per heavy atom. The van der Waals surface area contributed by atoms with E-state index in [1.807, 2.05) is 0 Å². The van der Waals surface area contributed by atoms with Gasteiger partial charge in [-0.2, -0.15) is 0 Å². The van der Waals surface area contributed by atoms with Crippen LogP contribution >= 0.6 is 0 Å². The molecule has 1 heterocycles. The largest absolute Gasteiger partial charge is 0.381 e. The molecule has 0 aromatic heterocycles. The number of unbranched alkanes of at least 4 members (excludes halogenated alkanes) is 1. The van der Waals surface area contributed by atoms with Gasteiger partial charge in [-0.25, -0.2) is 0 Å². The first-order chi connectivity index (χ1) is 6.27. The van der Waals surface area contributed by atoms with E-state index in [1.165, 1.54) is 12.8 Å². The van der Waals surface area contributed by atoms with E-state index in [1.54, 1.807) is 0 Å². The molecule has 0 aliphatic carbocycles. The van der Waals surface area contributed by atoms with E-state index in [0.29, 0.717) is 0 Å². The molecule has 3 heteroatoms. The van der Waals surface area contributed by atoms with E-state index in [9.17, 15) is 0 Å². The second kappa shape index (κ2) is 5.58. The van der Waals surface area contributed by atoms with E-state index >= 15 is 0 Å². The highest BCUT2D eigenvalue weighted by molar-refractivity contribution is 4.88. The third-order valence-electron chi connectivity index (χ3n) is 2.67. The smallest absolute Gasteiger partial charge is 0.0484 e. The van der Waals surface area contributed by atoms with Crippen molar-refractivity contribution in [2.75, 3.05) is 26.3 Å². The molecular weight excluding hydrogens is 164 g/mol. The molecule has 78 valence electrons. The molecule has 0 atom stereocenters. The maximum atomic E-state index is 6.20. The lowest BCUT2D eigenvalue weighted by Crippen LogP contribution is -2.52. The second-order valence-electron chi connectivity index (χ2n) is 4.01. The SMILES string of the molecule is CCCCNCC1(N)CCOCC1. The highest BCUT2D eigenvalue weighted by Gasteiger charge is 2.26. The van der Waals surface area contributed by atoms with Gasteiger partial charge in [0, 0.05) is 25.3 Å². The van der Waals surface area contributed by atoms with Crippen molar-refractivity contribution in [3.05, 3.63) is 0 Å². The quantitative estimate of drug-likeness (QED) is 0.627. The van der Waals surface area contributed by atoms with Crippen molar-refractivity contribution in [1.29, 1.82) is 0 Å². The summed E-state index contributed by atoms with van der Waals surface area (Å²) < 4.78 is 5.28. The lowest BCUT2D eigenvalue weighted by atomic mass is 9.91. The molecule has 0 saturated carbocycles. The third kappa shape index (κ3) is 4.07. The molecule has 1 fully saturated rings. The van der Waals surface area contributed by atoms with Gasteiger partial charge in [0.1, 0.15) is 0 Å². The van der Waals surface area contributed by atoms with Crippen LogP contribution in [0.4, 0.5) is 0 Å². The second-order valence-corrected chi connectivity index (χ2v) is 4.01. The monoisotopic (exact) mass is 186 g/mol. The molecule has 1 rings (SSSR count). The van der Waals surface area contributed by atoms with Gasteiger partial charge in [0.15, 0.2) is 0 Å². The third-order valence-corrected chi connectivity index (χ3v) is 2.67. The molecule has 3 N–H and O–H groups in total. The van der Waals surface area contributed by atoms with Gasteiger partial charge in [-0.05, 0) is 25.8 Å². The lowest BCUT2D eigenvalue weighted by Gasteiger charge is -2.33. The zero-order valence-corrected chi connectivity index (χ0v) is 8.64. The molecular formula is C10H22N2O. The van der Waals surface area contributed by atoms with Crippen LogP contribution in [0, 0.1) is 0 Å². The Balaban J connectivity index is 2.10. The van der Waals surface area contributed by atoms with Crippen LogP contribution in [0.3, 0.4) is 0 Å². The maximum Gasteiger partial charge on any atom is 0.0484 e. The van der Waals surface area contributed by atoms with E-state index in [0.717, 1.165) is 39.1 Å². The van der Waals surface area contributed by atoms with Crippen LogP contribution in [0.2, 0.25) is 0 Å². The van der Waals surface area contributed by atoms with Crippen LogP contribution in [0.1, 0.15) is 32.6 Å². The summed E-state index contributed by atoms with van der Waals surface area (Å²) in [6, 6.07) is 0. The van der Waals surface area contributed by atoms with Crippen LogP contribution in [-0.4, -0.2) is 31.8 Å². The molecule has 0 spiro atoms. The fourth-order valence-corrected chi connectivity index (χ4v) is 1.59. The van der Waals surface area contributed by atoms with Crippen molar-refractivity contribution in [2.24, 2.45) is 5.73 Å². The topological polar surface area (TPSA) is 47.3 Å². The standard InChI is InChI=1S/C10H22N2O/c1-2-3-6-12-9-10(11)4-7-13-8-5-10/h12H,2-9,11H2,1H3. The van der Waals surface area contributed by atoms with Crippen molar-refractivity contribution < 1.29 is 4.74 Å². The molecule has 1 saturated heterocycles. The first-order valence-electron chi connectivity index (χ1n) is 5.34. The average Bonchev–Trinajstić information content (AvgIpc) is 2.14. The van der Waals surface area contributed by atoms with Gasteiger partial charge in [0.2, 0.25) is 0 Å². The average molecular weight is 186 g/mol. The van der Waals surface area contributed by atoms with Crippen molar-refractivity contribution in [2.45, 2.75) is 38.1 Å². The molecule has 3 nitrogen and oxygen atoms in total. The van der Waals surface area contributed by atoms with Crippen LogP contribution in [0.15, 0.2) is 0 Å². The summed E-state index contributed by atoms with van der Waals surface area (Å²) in [7, 11) is 0. The number of hydrogen-bond donors (Lipinski definition) is 2. The predicted octanol–water partition coefficient (Wildman–Crippen LogP) is 0.884. The highest BCUT2D eigenvalue weighted by Crippen LogP contribution is 2.16. The van der Waals surface area contributed by atoms with E-state index in [-0.39, 0.29) is 5.54 Å². The number of hydrogen-bond acceptors (Lipinski definition) is 3.